The third-order valence-corrected chi connectivity index (χ3v) is 3.92. The van der Waals surface area contributed by atoms with Crippen molar-refractivity contribution < 1.29 is 9.53 Å². The molecule has 0 spiro atoms. The summed E-state index contributed by atoms with van der Waals surface area (Å²) in [5.74, 6) is 1.53. The van der Waals surface area contributed by atoms with Gasteiger partial charge in [0.2, 0.25) is 0 Å². The fourth-order valence-electron chi connectivity index (χ4n) is 3.10. The number of ketones is 1. The van der Waals surface area contributed by atoms with Crippen LogP contribution >= 0.6 is 0 Å². The fourth-order valence-corrected chi connectivity index (χ4v) is 3.10. The van der Waals surface area contributed by atoms with Gasteiger partial charge in [-0.25, -0.2) is 0 Å². The highest BCUT2D eigenvalue weighted by molar-refractivity contribution is 5.83. The molecular formula is C12H20O2. The van der Waals surface area contributed by atoms with Gasteiger partial charge in [0.25, 0.3) is 0 Å². The van der Waals surface area contributed by atoms with E-state index >= 15 is 0 Å². The van der Waals surface area contributed by atoms with E-state index in [1.165, 1.54) is 19.3 Å². The Morgan fingerprint density at radius 2 is 2.07 bits per heavy atom. The van der Waals surface area contributed by atoms with Crippen LogP contribution in [-0.4, -0.2) is 19.0 Å². The number of carbonyl (C=O) groups is 1. The predicted octanol–water partition coefficient (Wildman–Crippen LogP) is 2.56. The lowest BCUT2D eigenvalue weighted by Crippen LogP contribution is -2.28. The summed E-state index contributed by atoms with van der Waals surface area (Å²) < 4.78 is 5.40. The molecule has 2 heteroatoms. The highest BCUT2D eigenvalue weighted by atomic mass is 16.5. The summed E-state index contributed by atoms with van der Waals surface area (Å²) in [6.45, 7) is 0. The van der Waals surface area contributed by atoms with Gasteiger partial charge in [-0.15, -0.1) is 0 Å². The average Bonchev–Trinajstić information content (AvgIpc) is 2.65. The van der Waals surface area contributed by atoms with E-state index in [1.54, 1.807) is 7.11 Å². The first-order chi connectivity index (χ1) is 6.81. The van der Waals surface area contributed by atoms with Crippen LogP contribution in [0.2, 0.25) is 0 Å². The molecule has 14 heavy (non-hydrogen) atoms. The topological polar surface area (TPSA) is 26.3 Å². The first-order valence-corrected chi connectivity index (χ1v) is 5.86. The number of Topliss-reactive ketones (excluding diaryl/α,β-unsaturated/α-hetero) is 1. The Labute approximate surface area is 86.0 Å². The molecule has 2 nitrogen and oxygen atoms in total. The van der Waals surface area contributed by atoms with Crippen molar-refractivity contribution in [2.75, 3.05) is 7.11 Å². The second-order valence-corrected chi connectivity index (χ2v) is 4.75. The highest BCUT2D eigenvalue weighted by Crippen LogP contribution is 2.37. The zero-order valence-corrected chi connectivity index (χ0v) is 9.00. The van der Waals surface area contributed by atoms with Gasteiger partial charge in [-0.2, -0.15) is 0 Å². The molecule has 0 radical (unpaired) electrons. The van der Waals surface area contributed by atoms with Crippen LogP contribution in [0.5, 0.6) is 0 Å². The second-order valence-electron chi connectivity index (χ2n) is 4.75. The highest BCUT2D eigenvalue weighted by Gasteiger charge is 2.34. The zero-order valence-electron chi connectivity index (χ0n) is 9.00. The monoisotopic (exact) mass is 196 g/mol. The zero-order chi connectivity index (χ0) is 9.97. The summed E-state index contributed by atoms with van der Waals surface area (Å²) in [6.07, 6.45) is 8.31. The normalized spacial score (nSPS) is 38.9. The summed E-state index contributed by atoms with van der Waals surface area (Å²) in [6, 6.07) is 0. The predicted molar refractivity (Wildman–Crippen MR) is 55.1 cm³/mol. The maximum Gasteiger partial charge on any atom is 0.136 e. The van der Waals surface area contributed by atoms with Gasteiger partial charge < -0.3 is 4.74 Å². The van der Waals surface area contributed by atoms with E-state index in [4.69, 9.17) is 4.74 Å². The summed E-state index contributed by atoms with van der Waals surface area (Å²) in [5, 5.41) is 0. The number of ether oxygens (including phenoxy) is 1. The largest absolute Gasteiger partial charge is 0.381 e. The van der Waals surface area contributed by atoms with E-state index < -0.39 is 0 Å². The minimum atomic E-state index is 0.382. The Hall–Kier alpha value is -0.370. The van der Waals surface area contributed by atoms with Crippen molar-refractivity contribution in [2.45, 2.75) is 51.0 Å². The van der Waals surface area contributed by atoms with Crippen molar-refractivity contribution in [1.82, 2.24) is 0 Å². The summed E-state index contributed by atoms with van der Waals surface area (Å²) >= 11 is 0. The van der Waals surface area contributed by atoms with Gasteiger partial charge in [0.05, 0.1) is 6.10 Å². The van der Waals surface area contributed by atoms with Gasteiger partial charge in [-0.3, -0.25) is 4.79 Å². The Balaban J connectivity index is 1.93. The number of carbonyl (C=O) groups excluding carboxylic acids is 1. The molecule has 2 fully saturated rings. The van der Waals surface area contributed by atoms with Crippen LogP contribution in [0.3, 0.4) is 0 Å². The van der Waals surface area contributed by atoms with Crippen LogP contribution in [0, 0.1) is 11.8 Å². The van der Waals surface area contributed by atoms with Crippen molar-refractivity contribution in [1.29, 1.82) is 0 Å². The van der Waals surface area contributed by atoms with Crippen LogP contribution in [0.1, 0.15) is 44.9 Å². The average molecular weight is 196 g/mol. The second kappa shape index (κ2) is 4.43. The number of methoxy groups -OCH3 is 1. The van der Waals surface area contributed by atoms with Gasteiger partial charge in [0, 0.05) is 19.4 Å². The molecule has 0 aliphatic heterocycles. The van der Waals surface area contributed by atoms with Crippen LogP contribution in [0.25, 0.3) is 0 Å². The van der Waals surface area contributed by atoms with Gasteiger partial charge in [0.15, 0.2) is 0 Å². The third kappa shape index (κ3) is 2.00. The molecule has 0 N–H and O–H groups in total. The van der Waals surface area contributed by atoms with Gasteiger partial charge in [-0.1, -0.05) is 6.42 Å². The quantitative estimate of drug-likeness (QED) is 0.678. The molecule has 0 bridgehead atoms. The van der Waals surface area contributed by atoms with Crippen molar-refractivity contribution >= 4 is 5.78 Å². The van der Waals surface area contributed by atoms with Gasteiger partial charge in [-0.05, 0) is 38.0 Å². The van der Waals surface area contributed by atoms with Crippen molar-refractivity contribution in [3.8, 4) is 0 Å². The molecule has 2 aliphatic carbocycles. The molecule has 3 atom stereocenters. The van der Waals surface area contributed by atoms with Crippen molar-refractivity contribution in [2.24, 2.45) is 11.8 Å². The minimum Gasteiger partial charge on any atom is -0.381 e. The molecule has 0 aromatic heterocycles. The molecule has 0 saturated heterocycles. The van der Waals surface area contributed by atoms with Gasteiger partial charge in [0.1, 0.15) is 5.78 Å². The van der Waals surface area contributed by atoms with E-state index in [-0.39, 0.29) is 0 Å². The molecule has 3 unspecified atom stereocenters. The van der Waals surface area contributed by atoms with E-state index in [2.05, 4.69) is 0 Å². The smallest absolute Gasteiger partial charge is 0.136 e. The van der Waals surface area contributed by atoms with Crippen LogP contribution < -0.4 is 0 Å². The number of hydrogen-bond acceptors (Lipinski definition) is 2. The first kappa shape index (κ1) is 10.2. The molecule has 80 valence electrons. The lowest BCUT2D eigenvalue weighted by Gasteiger charge is -2.31. The SMILES string of the molecule is COC1CCCC(C2CCCC2=O)C1. The Bertz CT molecular complexity index is 212. The van der Waals surface area contributed by atoms with Crippen LogP contribution in [0.15, 0.2) is 0 Å². The molecule has 2 aliphatic rings. The van der Waals surface area contributed by atoms with Crippen LogP contribution in [0.4, 0.5) is 0 Å². The Morgan fingerprint density at radius 1 is 1.21 bits per heavy atom. The summed E-state index contributed by atoms with van der Waals surface area (Å²) in [7, 11) is 1.80. The molecule has 0 aromatic carbocycles. The Morgan fingerprint density at radius 3 is 2.71 bits per heavy atom. The van der Waals surface area contributed by atoms with E-state index in [1.807, 2.05) is 0 Å². The van der Waals surface area contributed by atoms with Crippen LogP contribution in [-0.2, 0) is 9.53 Å². The van der Waals surface area contributed by atoms with Crippen molar-refractivity contribution in [3.05, 3.63) is 0 Å². The molecule has 0 heterocycles. The third-order valence-electron chi connectivity index (χ3n) is 3.92. The van der Waals surface area contributed by atoms with Crippen molar-refractivity contribution in [3.63, 3.8) is 0 Å². The molecule has 2 rings (SSSR count). The molecule has 0 amide bonds. The molecular weight excluding hydrogens is 176 g/mol. The first-order valence-electron chi connectivity index (χ1n) is 5.86. The molecule has 2 saturated carbocycles. The standard InChI is InChI=1S/C12H20O2/c1-14-10-5-2-4-9(8-10)11-6-3-7-12(11)13/h9-11H,2-8H2,1H3. The van der Waals surface area contributed by atoms with Gasteiger partial charge >= 0.3 is 0 Å². The number of rotatable bonds is 2. The van der Waals surface area contributed by atoms with E-state index in [0.717, 1.165) is 25.7 Å². The molecule has 0 aromatic rings. The van der Waals surface area contributed by atoms with E-state index in [0.29, 0.717) is 23.7 Å². The minimum absolute atomic E-state index is 0.382. The lowest BCUT2D eigenvalue weighted by atomic mass is 9.77. The summed E-state index contributed by atoms with van der Waals surface area (Å²) in [5.41, 5.74) is 0. The van der Waals surface area contributed by atoms with E-state index in [9.17, 15) is 4.79 Å². The maximum absolute atomic E-state index is 11.6. The Kier molecular flexibility index (Phi) is 3.22. The fraction of sp³-hybridized carbons (Fsp3) is 0.917. The lowest BCUT2D eigenvalue weighted by molar-refractivity contribution is -0.123. The maximum atomic E-state index is 11.6. The number of hydrogen-bond donors (Lipinski definition) is 0. The summed E-state index contributed by atoms with van der Waals surface area (Å²) in [4.78, 5) is 11.6.